The van der Waals surface area contributed by atoms with Crippen molar-refractivity contribution in [1.82, 2.24) is 30.2 Å². The van der Waals surface area contributed by atoms with E-state index in [2.05, 4.69) is 35.1 Å². The minimum Gasteiger partial charge on any atom is -0.392 e. The Kier molecular flexibility index (Phi) is 9.38. The first-order valence-corrected chi connectivity index (χ1v) is 15.9. The second-order valence-electron chi connectivity index (χ2n) is 11.9. The summed E-state index contributed by atoms with van der Waals surface area (Å²) in [4.78, 5) is 35.0. The number of rotatable bonds is 9. The number of ether oxygens (including phenoxy) is 2. The summed E-state index contributed by atoms with van der Waals surface area (Å²) in [6.07, 6.45) is 5.03. The van der Waals surface area contributed by atoms with E-state index in [0.717, 1.165) is 72.9 Å². The molecule has 2 aliphatic rings. The smallest absolute Gasteiger partial charge is 0.271 e. The number of anilines is 1. The van der Waals surface area contributed by atoms with Crippen LogP contribution in [0.3, 0.4) is 0 Å². The van der Waals surface area contributed by atoms with Gasteiger partial charge >= 0.3 is 0 Å². The van der Waals surface area contributed by atoms with E-state index in [1.807, 2.05) is 78.9 Å². The summed E-state index contributed by atoms with van der Waals surface area (Å²) in [6, 6.07) is 25.2. The van der Waals surface area contributed by atoms with Crippen molar-refractivity contribution < 1.29 is 19.4 Å². The van der Waals surface area contributed by atoms with Crippen LogP contribution in [0.25, 0.3) is 11.0 Å². The second-order valence-corrected chi connectivity index (χ2v) is 11.9. The lowest BCUT2D eigenvalue weighted by molar-refractivity contribution is -0.253. The van der Waals surface area contributed by atoms with Crippen LogP contribution in [0, 0.1) is 0 Å². The molecule has 0 bridgehead atoms. The number of hydrogen-bond donors (Lipinski definition) is 2. The Hall–Kier alpha value is -4.81. The Bertz CT molecular complexity index is 1780. The molecule has 2 aromatic heterocycles. The molecule has 7 rings (SSSR count). The second kappa shape index (κ2) is 14.3. The highest BCUT2D eigenvalue weighted by Gasteiger charge is 2.34. The Morgan fingerprint density at radius 3 is 2.26 bits per heavy atom. The van der Waals surface area contributed by atoms with Gasteiger partial charge in [-0.2, -0.15) is 0 Å². The van der Waals surface area contributed by atoms with Gasteiger partial charge in [0, 0.05) is 63.6 Å². The number of amides is 1. The Labute approximate surface area is 273 Å². The Morgan fingerprint density at radius 1 is 0.809 bits per heavy atom. The molecule has 1 amide bonds. The van der Waals surface area contributed by atoms with Gasteiger partial charge in [-0.1, -0.05) is 60.7 Å². The molecule has 2 fully saturated rings. The number of para-hydroxylation sites is 2. The number of fused-ring (bicyclic) bond motifs is 1. The van der Waals surface area contributed by atoms with E-state index in [-0.39, 0.29) is 30.4 Å². The van der Waals surface area contributed by atoms with E-state index >= 15 is 0 Å². The van der Waals surface area contributed by atoms with Crippen LogP contribution in [0.2, 0.25) is 0 Å². The first-order valence-electron chi connectivity index (χ1n) is 15.9. The summed E-state index contributed by atoms with van der Waals surface area (Å²) in [6.45, 7) is 4.64. The largest absolute Gasteiger partial charge is 0.392 e. The van der Waals surface area contributed by atoms with Crippen molar-refractivity contribution in [3.8, 4) is 0 Å². The quantitative estimate of drug-likeness (QED) is 0.244. The van der Waals surface area contributed by atoms with Crippen LogP contribution in [0.4, 0.5) is 5.95 Å². The molecule has 2 aliphatic heterocycles. The highest BCUT2D eigenvalue weighted by Crippen LogP contribution is 2.38. The number of nitrogens with zero attached hydrogens (tertiary/aromatic N) is 6. The molecule has 3 aromatic carbocycles. The average Bonchev–Trinajstić information content (AvgIpc) is 3.14. The molecule has 3 atom stereocenters. The van der Waals surface area contributed by atoms with Gasteiger partial charge in [-0.25, -0.2) is 15.0 Å². The zero-order valence-corrected chi connectivity index (χ0v) is 26.0. The molecule has 11 nitrogen and oxygen atoms in total. The topological polar surface area (TPSA) is 126 Å². The van der Waals surface area contributed by atoms with E-state index in [4.69, 9.17) is 9.47 Å². The van der Waals surface area contributed by atoms with Crippen molar-refractivity contribution in [3.05, 3.63) is 125 Å². The number of piperazine rings is 1. The third-order valence-corrected chi connectivity index (χ3v) is 8.67. The fraction of sp³-hybridized carbons (Fsp3) is 0.306. The number of aromatic nitrogens is 4. The van der Waals surface area contributed by atoms with E-state index < -0.39 is 6.29 Å². The number of carbonyl (C=O) groups is 1. The van der Waals surface area contributed by atoms with Gasteiger partial charge in [-0.3, -0.25) is 14.7 Å². The van der Waals surface area contributed by atoms with Gasteiger partial charge in [0.1, 0.15) is 5.69 Å². The Balaban J connectivity index is 1.00. The molecule has 2 saturated heterocycles. The van der Waals surface area contributed by atoms with Crippen LogP contribution in [-0.2, 0) is 22.6 Å². The van der Waals surface area contributed by atoms with Gasteiger partial charge in [0.2, 0.25) is 5.95 Å². The molecular formula is C36H37N7O4. The molecule has 240 valence electrons. The van der Waals surface area contributed by atoms with Gasteiger partial charge in [0.05, 0.1) is 36.0 Å². The number of hydrogen-bond acceptors (Lipinski definition) is 10. The lowest BCUT2D eigenvalue weighted by Crippen LogP contribution is -2.50. The monoisotopic (exact) mass is 631 g/mol. The van der Waals surface area contributed by atoms with Gasteiger partial charge in [-0.05, 0) is 34.9 Å². The van der Waals surface area contributed by atoms with Crippen molar-refractivity contribution in [3.63, 3.8) is 0 Å². The lowest BCUT2D eigenvalue weighted by Gasteiger charge is -2.40. The summed E-state index contributed by atoms with van der Waals surface area (Å²) >= 11 is 0. The third kappa shape index (κ3) is 7.44. The zero-order chi connectivity index (χ0) is 32.0. The van der Waals surface area contributed by atoms with Crippen molar-refractivity contribution in [2.45, 2.75) is 38.1 Å². The number of aliphatic hydroxyl groups excluding tert-OH is 1. The Morgan fingerprint density at radius 2 is 1.51 bits per heavy atom. The van der Waals surface area contributed by atoms with E-state index in [0.29, 0.717) is 12.1 Å². The summed E-state index contributed by atoms with van der Waals surface area (Å²) < 4.78 is 13.1. The van der Waals surface area contributed by atoms with Crippen molar-refractivity contribution in [2.24, 2.45) is 0 Å². The van der Waals surface area contributed by atoms with E-state index in [1.54, 1.807) is 12.4 Å². The van der Waals surface area contributed by atoms with Gasteiger partial charge in [0.15, 0.2) is 6.29 Å². The predicted octanol–water partition coefficient (Wildman–Crippen LogP) is 4.21. The summed E-state index contributed by atoms with van der Waals surface area (Å²) in [5.41, 5.74) is 5.49. The maximum Gasteiger partial charge on any atom is 0.271 e. The highest BCUT2D eigenvalue weighted by atomic mass is 16.7. The molecule has 0 radical (unpaired) electrons. The molecule has 2 N–H and O–H groups in total. The minimum absolute atomic E-state index is 0.00260. The van der Waals surface area contributed by atoms with Crippen molar-refractivity contribution in [1.29, 1.82) is 0 Å². The molecule has 4 heterocycles. The van der Waals surface area contributed by atoms with Gasteiger partial charge in [0.25, 0.3) is 5.91 Å². The van der Waals surface area contributed by atoms with Crippen LogP contribution in [-0.4, -0.2) is 74.7 Å². The molecule has 0 aliphatic carbocycles. The zero-order valence-electron chi connectivity index (χ0n) is 26.0. The molecule has 47 heavy (non-hydrogen) atoms. The fourth-order valence-electron chi connectivity index (χ4n) is 6.04. The summed E-state index contributed by atoms with van der Waals surface area (Å²) in [7, 11) is 0. The third-order valence-electron chi connectivity index (χ3n) is 8.67. The predicted molar refractivity (Wildman–Crippen MR) is 176 cm³/mol. The molecule has 5 aromatic rings. The normalized spacial score (nSPS) is 20.3. The van der Waals surface area contributed by atoms with Crippen LogP contribution in [0.1, 0.15) is 51.6 Å². The van der Waals surface area contributed by atoms with Gasteiger partial charge in [-0.15, -0.1) is 0 Å². The SMILES string of the molecule is O=C(NCc1ccc(C2OC(CN3CCN(c4ncccn4)CC3)CC(c3ccc(CO)cc3)O2)cc1)c1cnc2ccccc2n1. The van der Waals surface area contributed by atoms with Crippen molar-refractivity contribution >= 4 is 22.9 Å². The molecule has 0 spiro atoms. The fourth-order valence-corrected chi connectivity index (χ4v) is 6.04. The average molecular weight is 632 g/mol. The summed E-state index contributed by atoms with van der Waals surface area (Å²) in [5.74, 6) is 0.493. The number of carbonyl (C=O) groups excluding carboxylic acids is 1. The first kappa shape index (κ1) is 30.8. The van der Waals surface area contributed by atoms with E-state index in [1.165, 1.54) is 6.20 Å². The first-order chi connectivity index (χ1) is 23.1. The molecule has 11 heteroatoms. The van der Waals surface area contributed by atoms with Crippen LogP contribution < -0.4 is 10.2 Å². The number of nitrogens with one attached hydrogen (secondary N) is 1. The molecule has 0 saturated carbocycles. The molecular weight excluding hydrogens is 594 g/mol. The maximum atomic E-state index is 12.8. The van der Waals surface area contributed by atoms with Crippen LogP contribution in [0.5, 0.6) is 0 Å². The van der Waals surface area contributed by atoms with E-state index in [9.17, 15) is 9.90 Å². The minimum atomic E-state index is -0.549. The highest BCUT2D eigenvalue weighted by molar-refractivity contribution is 5.93. The number of aliphatic hydroxyl groups is 1. The van der Waals surface area contributed by atoms with Crippen LogP contribution >= 0.6 is 0 Å². The standard InChI is InChI=1S/C36H37N7O4/c44-24-26-8-10-27(11-9-26)33-20-29(23-42-16-18-43(19-17-42)36-37-14-3-15-38-36)46-35(47-33)28-12-6-25(7-13-28)21-40-34(45)32-22-39-30-4-1-2-5-31(30)41-32/h1-15,22,29,33,35,44H,16-21,23-24H2,(H,40,45). The number of benzene rings is 3. The lowest BCUT2D eigenvalue weighted by atomic mass is 9.99. The van der Waals surface area contributed by atoms with Crippen molar-refractivity contribution in [2.75, 3.05) is 37.6 Å². The molecule has 3 unspecified atom stereocenters. The maximum absolute atomic E-state index is 12.8. The van der Waals surface area contributed by atoms with Crippen LogP contribution in [0.15, 0.2) is 97.5 Å². The summed E-state index contributed by atoms with van der Waals surface area (Å²) in [5, 5.41) is 12.5. The van der Waals surface area contributed by atoms with Gasteiger partial charge < -0.3 is 24.8 Å².